The van der Waals surface area contributed by atoms with Gasteiger partial charge in [-0.05, 0) is 43.3 Å². The molecule has 180 valence electrons. The summed E-state index contributed by atoms with van der Waals surface area (Å²) in [5.74, 6) is -0.0269. The van der Waals surface area contributed by atoms with Crippen LogP contribution in [0.2, 0.25) is 0 Å². The van der Waals surface area contributed by atoms with Gasteiger partial charge in [-0.25, -0.2) is 9.78 Å². The third-order valence-electron chi connectivity index (χ3n) is 5.34. The number of nitrogens with one attached hydrogen (secondary N) is 1. The first-order valence-corrected chi connectivity index (χ1v) is 11.7. The number of anilines is 1. The zero-order valence-corrected chi connectivity index (χ0v) is 19.9. The summed E-state index contributed by atoms with van der Waals surface area (Å²) in [6, 6.07) is 15.2. The molecule has 0 saturated heterocycles. The van der Waals surface area contributed by atoms with Gasteiger partial charge < -0.3 is 19.9 Å². The molecule has 4 aromatic rings. The van der Waals surface area contributed by atoms with E-state index in [1.165, 1.54) is 17.1 Å². The number of methoxy groups -OCH3 is 1. The third-order valence-corrected chi connectivity index (χ3v) is 6.21. The molecule has 0 bridgehead atoms. The van der Waals surface area contributed by atoms with Gasteiger partial charge in [-0.2, -0.15) is 0 Å². The van der Waals surface area contributed by atoms with Crippen LogP contribution in [0.1, 0.15) is 29.1 Å². The minimum absolute atomic E-state index is 0.00858. The first-order valence-electron chi connectivity index (χ1n) is 10.8. The molecule has 9 nitrogen and oxygen atoms in total. The quantitative estimate of drug-likeness (QED) is 0.356. The maximum atomic E-state index is 13.3. The Labute approximate surface area is 204 Å². The normalized spacial score (nSPS) is 11.8. The van der Waals surface area contributed by atoms with Crippen molar-refractivity contribution >= 4 is 39.1 Å². The molecule has 1 unspecified atom stereocenters. The van der Waals surface area contributed by atoms with Crippen molar-refractivity contribution < 1.29 is 24.2 Å². The molecule has 35 heavy (non-hydrogen) atoms. The van der Waals surface area contributed by atoms with Crippen molar-refractivity contribution in [1.82, 2.24) is 9.55 Å². The lowest BCUT2D eigenvalue weighted by Gasteiger charge is -2.19. The molecular formula is C25H23N3O6S. The minimum Gasteiger partial charge on any atom is -0.478 e. The summed E-state index contributed by atoms with van der Waals surface area (Å²) >= 11 is 1.08. The maximum absolute atomic E-state index is 13.3. The van der Waals surface area contributed by atoms with Crippen LogP contribution >= 0.6 is 11.3 Å². The summed E-state index contributed by atoms with van der Waals surface area (Å²) in [7, 11) is 1.52. The number of fused-ring (bicyclic) bond motifs is 1. The van der Waals surface area contributed by atoms with Crippen LogP contribution in [0.3, 0.4) is 0 Å². The summed E-state index contributed by atoms with van der Waals surface area (Å²) in [6.45, 7) is 1.85. The number of carbonyl (C=O) groups excluding carboxylic acids is 1. The highest BCUT2D eigenvalue weighted by atomic mass is 32.1. The van der Waals surface area contributed by atoms with Gasteiger partial charge in [0.15, 0.2) is 0 Å². The van der Waals surface area contributed by atoms with E-state index in [-0.39, 0.29) is 24.0 Å². The first-order chi connectivity index (χ1) is 16.9. The molecule has 0 fully saturated rings. The monoisotopic (exact) mass is 493 g/mol. The Morgan fingerprint density at radius 2 is 1.80 bits per heavy atom. The van der Waals surface area contributed by atoms with Crippen LogP contribution in [0, 0.1) is 0 Å². The molecule has 1 atom stereocenters. The fraction of sp³-hybridized carbons (Fsp3) is 0.200. The molecule has 1 amide bonds. The number of hydrogen-bond acceptors (Lipinski definition) is 7. The molecule has 2 aromatic carbocycles. The van der Waals surface area contributed by atoms with Crippen molar-refractivity contribution in [2.45, 2.75) is 19.4 Å². The average molecular weight is 494 g/mol. The zero-order chi connectivity index (χ0) is 24.9. The number of nitrogens with zero attached hydrogens (tertiary/aromatic N) is 2. The van der Waals surface area contributed by atoms with E-state index in [1.807, 2.05) is 30.3 Å². The smallest absolute Gasteiger partial charge is 0.337 e. The molecule has 0 aliphatic heterocycles. The van der Waals surface area contributed by atoms with Gasteiger partial charge in [-0.3, -0.25) is 14.2 Å². The summed E-state index contributed by atoms with van der Waals surface area (Å²) < 4.78 is 12.1. The van der Waals surface area contributed by atoms with Crippen molar-refractivity contribution in [3.8, 4) is 11.5 Å². The van der Waals surface area contributed by atoms with Crippen LogP contribution in [0.5, 0.6) is 11.5 Å². The van der Waals surface area contributed by atoms with Crippen molar-refractivity contribution in [3.05, 3.63) is 81.7 Å². The molecule has 2 heterocycles. The number of hydrogen-bond donors (Lipinski definition) is 2. The fourth-order valence-corrected chi connectivity index (χ4v) is 4.49. The van der Waals surface area contributed by atoms with Crippen molar-refractivity contribution in [3.63, 3.8) is 0 Å². The van der Waals surface area contributed by atoms with Gasteiger partial charge in [-0.15, -0.1) is 11.3 Å². The second-order valence-corrected chi connectivity index (χ2v) is 8.54. The first kappa shape index (κ1) is 24.1. The second-order valence-electron chi connectivity index (χ2n) is 7.69. The van der Waals surface area contributed by atoms with Crippen LogP contribution < -0.4 is 15.6 Å². The lowest BCUT2D eigenvalue weighted by atomic mass is 10.2. The van der Waals surface area contributed by atoms with Crippen LogP contribution in [0.25, 0.3) is 10.2 Å². The van der Waals surface area contributed by atoms with Crippen molar-refractivity contribution in [2.24, 2.45) is 0 Å². The van der Waals surface area contributed by atoms with E-state index in [0.717, 1.165) is 11.3 Å². The molecule has 0 aliphatic rings. The number of carboxylic acids is 1. The standard InChI is InChI=1S/C25H23N3O6S/c1-15(22(29)26-16-8-10-18(11-9-16)34-17-6-4-3-5-7-17)28-20(12-13-33-2)27-23-21(24(28)30)19(14-35-23)25(31)32/h3-11,14-15H,12-13H2,1-2H3,(H,26,29)(H,31,32). The second kappa shape index (κ2) is 10.5. The Balaban J connectivity index is 1.60. The van der Waals surface area contributed by atoms with Crippen LogP contribution in [-0.2, 0) is 16.0 Å². The molecule has 10 heteroatoms. The van der Waals surface area contributed by atoms with Gasteiger partial charge in [0.25, 0.3) is 5.56 Å². The summed E-state index contributed by atoms with van der Waals surface area (Å²) in [5.41, 5.74) is -0.185. The van der Waals surface area contributed by atoms with Crippen LogP contribution in [-0.4, -0.2) is 40.3 Å². The number of ether oxygens (including phenoxy) is 2. The predicted molar refractivity (Wildman–Crippen MR) is 133 cm³/mol. The van der Waals surface area contributed by atoms with Crippen molar-refractivity contribution in [2.75, 3.05) is 19.0 Å². The van der Waals surface area contributed by atoms with Crippen molar-refractivity contribution in [1.29, 1.82) is 0 Å². The van der Waals surface area contributed by atoms with E-state index in [2.05, 4.69) is 10.3 Å². The van der Waals surface area contributed by atoms with Gasteiger partial charge in [0.1, 0.15) is 28.2 Å². The number of aromatic nitrogens is 2. The Kier molecular flexibility index (Phi) is 7.23. The lowest BCUT2D eigenvalue weighted by Crippen LogP contribution is -2.35. The van der Waals surface area contributed by atoms with Gasteiger partial charge >= 0.3 is 5.97 Å². The van der Waals surface area contributed by atoms with E-state index in [1.54, 1.807) is 31.2 Å². The number of rotatable bonds is 9. The molecule has 0 spiro atoms. The SMILES string of the molecule is COCCc1nc2scc(C(=O)O)c2c(=O)n1C(C)C(=O)Nc1ccc(Oc2ccccc2)cc1. The van der Waals surface area contributed by atoms with E-state index in [0.29, 0.717) is 27.8 Å². The molecule has 4 rings (SSSR count). The molecular weight excluding hydrogens is 470 g/mol. The largest absolute Gasteiger partial charge is 0.478 e. The number of aromatic carboxylic acids is 1. The third kappa shape index (κ3) is 5.23. The van der Waals surface area contributed by atoms with E-state index < -0.39 is 23.5 Å². The summed E-state index contributed by atoms with van der Waals surface area (Å²) in [5, 5.41) is 13.6. The van der Waals surface area contributed by atoms with Crippen LogP contribution in [0.15, 0.2) is 64.8 Å². The lowest BCUT2D eigenvalue weighted by molar-refractivity contribution is -0.119. The van der Waals surface area contributed by atoms with E-state index >= 15 is 0 Å². The number of benzene rings is 2. The highest BCUT2D eigenvalue weighted by Gasteiger charge is 2.25. The zero-order valence-electron chi connectivity index (χ0n) is 19.1. The Morgan fingerprint density at radius 3 is 2.46 bits per heavy atom. The van der Waals surface area contributed by atoms with Gasteiger partial charge in [0.05, 0.1) is 17.6 Å². The highest BCUT2D eigenvalue weighted by Crippen LogP contribution is 2.25. The Bertz CT molecular complexity index is 1410. The Hall–Kier alpha value is -4.02. The average Bonchev–Trinajstić information content (AvgIpc) is 3.29. The van der Waals surface area contributed by atoms with E-state index in [9.17, 15) is 19.5 Å². The van der Waals surface area contributed by atoms with Gasteiger partial charge in [0, 0.05) is 24.6 Å². The maximum Gasteiger partial charge on any atom is 0.337 e. The Morgan fingerprint density at radius 1 is 1.11 bits per heavy atom. The topological polar surface area (TPSA) is 120 Å². The minimum atomic E-state index is -1.22. The summed E-state index contributed by atoms with van der Waals surface area (Å²) in [6.07, 6.45) is 0.283. The molecule has 0 radical (unpaired) electrons. The molecule has 0 saturated carbocycles. The molecule has 2 N–H and O–H groups in total. The molecule has 2 aromatic heterocycles. The predicted octanol–water partition coefficient (Wildman–Crippen LogP) is 4.34. The number of para-hydroxylation sites is 1. The fourth-order valence-electron chi connectivity index (χ4n) is 3.57. The number of carboxylic acid groups (broad SMARTS) is 1. The highest BCUT2D eigenvalue weighted by molar-refractivity contribution is 7.17. The van der Waals surface area contributed by atoms with Crippen LogP contribution in [0.4, 0.5) is 5.69 Å². The summed E-state index contributed by atoms with van der Waals surface area (Å²) in [4.78, 5) is 42.8. The van der Waals surface area contributed by atoms with Gasteiger partial charge in [-0.1, -0.05) is 18.2 Å². The van der Waals surface area contributed by atoms with Gasteiger partial charge in [0.2, 0.25) is 5.91 Å². The number of thiophene rings is 1. The number of amides is 1. The molecule has 0 aliphatic carbocycles. The number of carbonyl (C=O) groups is 2. The van der Waals surface area contributed by atoms with E-state index in [4.69, 9.17) is 9.47 Å².